The van der Waals surface area contributed by atoms with E-state index in [1.54, 1.807) is 0 Å². The van der Waals surface area contributed by atoms with Gasteiger partial charge in [0.15, 0.2) is 6.29 Å². The molecular formula is C6H5Cl2NO2. The molecule has 1 heterocycles. The largest absolute Gasteiger partial charge is 0.364 e. The van der Waals surface area contributed by atoms with Crippen molar-refractivity contribution in [3.63, 3.8) is 0 Å². The van der Waals surface area contributed by atoms with E-state index < -0.39 is 6.29 Å². The summed E-state index contributed by atoms with van der Waals surface area (Å²) in [5.74, 6) is 0. The van der Waals surface area contributed by atoms with Crippen LogP contribution in [0.2, 0.25) is 10.3 Å². The highest BCUT2D eigenvalue weighted by atomic mass is 35.5. The molecule has 0 aromatic carbocycles. The summed E-state index contributed by atoms with van der Waals surface area (Å²) in [6.07, 6.45) is -1.56. The summed E-state index contributed by atoms with van der Waals surface area (Å²) in [5, 5.41) is 17.6. The van der Waals surface area contributed by atoms with Crippen molar-refractivity contribution >= 4 is 23.2 Å². The number of hydrogen-bond donors (Lipinski definition) is 2. The normalized spacial score (nSPS) is 10.6. The summed E-state index contributed by atoms with van der Waals surface area (Å²) < 4.78 is 0. The lowest BCUT2D eigenvalue weighted by Crippen LogP contribution is -1.95. The Labute approximate surface area is 73.2 Å². The second kappa shape index (κ2) is 3.36. The van der Waals surface area contributed by atoms with Gasteiger partial charge in [0, 0.05) is 5.56 Å². The Bertz CT molecular complexity index is 245. The number of halogens is 2. The average molecular weight is 194 g/mol. The Hall–Kier alpha value is -0.350. The number of nitrogens with zero attached hydrogens (tertiary/aromatic N) is 1. The fourth-order valence-electron chi connectivity index (χ4n) is 0.632. The van der Waals surface area contributed by atoms with Gasteiger partial charge in [0.2, 0.25) is 0 Å². The van der Waals surface area contributed by atoms with Crippen molar-refractivity contribution in [2.24, 2.45) is 0 Å². The third-order valence-electron chi connectivity index (χ3n) is 1.08. The van der Waals surface area contributed by atoms with Gasteiger partial charge in [-0.1, -0.05) is 23.2 Å². The first-order valence-corrected chi connectivity index (χ1v) is 3.54. The molecule has 0 atom stereocenters. The highest BCUT2D eigenvalue weighted by Crippen LogP contribution is 2.18. The quantitative estimate of drug-likeness (QED) is 0.524. The summed E-state index contributed by atoms with van der Waals surface area (Å²) >= 11 is 11.0. The standard InChI is InChI=1S/C6H5Cl2NO2/c7-4-1-3(6(10)11)2-5(8)9-4/h1-2,6,10-11H. The molecule has 0 aliphatic heterocycles. The molecule has 11 heavy (non-hydrogen) atoms. The lowest BCUT2D eigenvalue weighted by molar-refractivity contribution is -0.0425. The maximum atomic E-state index is 8.68. The van der Waals surface area contributed by atoms with E-state index in [9.17, 15) is 0 Å². The van der Waals surface area contributed by atoms with Crippen LogP contribution in [0.3, 0.4) is 0 Å². The van der Waals surface area contributed by atoms with Crippen LogP contribution in [0, 0.1) is 0 Å². The predicted octanol–water partition coefficient (Wildman–Crippen LogP) is 1.37. The van der Waals surface area contributed by atoms with Gasteiger partial charge in [-0.3, -0.25) is 0 Å². The van der Waals surface area contributed by atoms with Crippen LogP contribution in [-0.2, 0) is 0 Å². The molecular weight excluding hydrogens is 189 g/mol. The van der Waals surface area contributed by atoms with Crippen LogP contribution in [0.5, 0.6) is 0 Å². The minimum absolute atomic E-state index is 0.139. The van der Waals surface area contributed by atoms with Crippen LogP contribution in [0.25, 0.3) is 0 Å². The molecule has 2 N–H and O–H groups in total. The maximum absolute atomic E-state index is 8.68. The SMILES string of the molecule is OC(O)c1cc(Cl)nc(Cl)c1. The van der Waals surface area contributed by atoms with Crippen molar-refractivity contribution in [1.29, 1.82) is 0 Å². The lowest BCUT2D eigenvalue weighted by Gasteiger charge is -2.03. The third kappa shape index (κ3) is 2.31. The van der Waals surface area contributed by atoms with Crippen LogP contribution in [0.1, 0.15) is 11.9 Å². The molecule has 5 heteroatoms. The first-order chi connectivity index (χ1) is 5.09. The Kier molecular flexibility index (Phi) is 2.67. The van der Waals surface area contributed by atoms with Gasteiger partial charge >= 0.3 is 0 Å². The molecule has 0 saturated heterocycles. The Morgan fingerprint density at radius 3 is 2.00 bits per heavy atom. The molecule has 0 unspecified atom stereocenters. The van der Waals surface area contributed by atoms with Crippen molar-refractivity contribution in [3.05, 3.63) is 28.0 Å². The van der Waals surface area contributed by atoms with Gasteiger partial charge in [0.1, 0.15) is 10.3 Å². The number of rotatable bonds is 1. The van der Waals surface area contributed by atoms with Crippen molar-refractivity contribution in [1.82, 2.24) is 4.98 Å². The van der Waals surface area contributed by atoms with E-state index in [0.717, 1.165) is 0 Å². The smallest absolute Gasteiger partial charge is 0.178 e. The molecule has 0 radical (unpaired) electrons. The topological polar surface area (TPSA) is 53.4 Å². The van der Waals surface area contributed by atoms with Crippen molar-refractivity contribution in [2.45, 2.75) is 6.29 Å². The molecule has 0 fully saturated rings. The first-order valence-electron chi connectivity index (χ1n) is 2.78. The molecule has 0 bridgehead atoms. The molecule has 0 aliphatic carbocycles. The Morgan fingerprint density at radius 1 is 1.18 bits per heavy atom. The van der Waals surface area contributed by atoms with Gasteiger partial charge in [-0.2, -0.15) is 0 Å². The van der Waals surface area contributed by atoms with Gasteiger partial charge in [0.05, 0.1) is 0 Å². The number of aromatic nitrogens is 1. The molecule has 0 spiro atoms. The van der Waals surface area contributed by atoms with Gasteiger partial charge < -0.3 is 10.2 Å². The summed E-state index contributed by atoms with van der Waals surface area (Å²) in [6.45, 7) is 0. The second-order valence-corrected chi connectivity index (χ2v) is 2.69. The molecule has 0 aliphatic rings. The van der Waals surface area contributed by atoms with Crippen molar-refractivity contribution in [2.75, 3.05) is 0 Å². The fraction of sp³-hybridized carbons (Fsp3) is 0.167. The van der Waals surface area contributed by atoms with E-state index >= 15 is 0 Å². The van der Waals surface area contributed by atoms with Gasteiger partial charge in [0.25, 0.3) is 0 Å². The Balaban J connectivity index is 3.08. The highest BCUT2D eigenvalue weighted by Gasteiger charge is 2.05. The number of hydrogen-bond acceptors (Lipinski definition) is 3. The predicted molar refractivity (Wildman–Crippen MR) is 41.4 cm³/mol. The molecule has 0 amide bonds. The molecule has 0 saturated carbocycles. The number of aliphatic hydroxyl groups is 2. The summed E-state index contributed by atoms with van der Waals surface area (Å²) in [7, 11) is 0. The van der Waals surface area contributed by atoms with E-state index in [1.807, 2.05) is 0 Å². The third-order valence-corrected chi connectivity index (χ3v) is 1.47. The second-order valence-electron chi connectivity index (χ2n) is 1.92. The Morgan fingerprint density at radius 2 is 1.64 bits per heavy atom. The summed E-state index contributed by atoms with van der Waals surface area (Å²) in [6, 6.07) is 2.66. The van der Waals surface area contributed by atoms with Gasteiger partial charge in [-0.25, -0.2) is 4.98 Å². The van der Waals surface area contributed by atoms with Gasteiger partial charge in [-0.05, 0) is 12.1 Å². The average Bonchev–Trinajstić information content (AvgIpc) is 1.85. The minimum atomic E-state index is -1.56. The molecule has 1 rings (SSSR count). The van der Waals surface area contributed by atoms with Crippen LogP contribution >= 0.6 is 23.2 Å². The zero-order valence-electron chi connectivity index (χ0n) is 5.33. The number of pyridine rings is 1. The highest BCUT2D eigenvalue weighted by molar-refractivity contribution is 6.32. The first kappa shape index (κ1) is 8.74. The van der Waals surface area contributed by atoms with E-state index in [0.29, 0.717) is 0 Å². The van der Waals surface area contributed by atoms with E-state index in [2.05, 4.69) is 4.98 Å². The van der Waals surface area contributed by atoms with Crippen LogP contribution in [0.15, 0.2) is 12.1 Å². The molecule has 3 nitrogen and oxygen atoms in total. The lowest BCUT2D eigenvalue weighted by atomic mass is 10.3. The van der Waals surface area contributed by atoms with Gasteiger partial charge in [-0.15, -0.1) is 0 Å². The van der Waals surface area contributed by atoms with E-state index in [-0.39, 0.29) is 15.9 Å². The van der Waals surface area contributed by atoms with Crippen molar-refractivity contribution in [3.8, 4) is 0 Å². The number of aliphatic hydroxyl groups excluding tert-OH is 1. The van der Waals surface area contributed by atoms with Crippen molar-refractivity contribution < 1.29 is 10.2 Å². The van der Waals surface area contributed by atoms with Crippen LogP contribution in [0.4, 0.5) is 0 Å². The monoisotopic (exact) mass is 193 g/mol. The van der Waals surface area contributed by atoms with E-state index in [1.165, 1.54) is 12.1 Å². The zero-order valence-corrected chi connectivity index (χ0v) is 6.84. The molecule has 1 aromatic heterocycles. The summed E-state index contributed by atoms with van der Waals surface area (Å²) in [4.78, 5) is 3.63. The van der Waals surface area contributed by atoms with Crippen LogP contribution < -0.4 is 0 Å². The molecule has 1 aromatic rings. The molecule has 60 valence electrons. The maximum Gasteiger partial charge on any atom is 0.178 e. The van der Waals surface area contributed by atoms with Crippen LogP contribution in [-0.4, -0.2) is 15.2 Å². The minimum Gasteiger partial charge on any atom is -0.364 e. The fourth-order valence-corrected chi connectivity index (χ4v) is 1.11. The summed E-state index contributed by atoms with van der Waals surface area (Å²) in [5.41, 5.74) is 0.231. The zero-order chi connectivity index (χ0) is 8.43. The van der Waals surface area contributed by atoms with E-state index in [4.69, 9.17) is 33.4 Å².